The van der Waals surface area contributed by atoms with Crippen LogP contribution in [0.4, 0.5) is 0 Å². The Kier molecular flexibility index (Phi) is 14.4. The van der Waals surface area contributed by atoms with Gasteiger partial charge >= 0.3 is 139 Å². The SMILES string of the molecule is C/C=C/CO[C@@H](CC)[Sn]([CH2]CCC)([CH2]CCC)[CH2]CCC. The van der Waals surface area contributed by atoms with Crippen LogP contribution in [0.25, 0.3) is 0 Å². The van der Waals surface area contributed by atoms with Crippen molar-refractivity contribution in [2.45, 2.75) is 97.0 Å². The molecular formula is C19H40OSn. The van der Waals surface area contributed by atoms with Gasteiger partial charge in [0, 0.05) is 0 Å². The molecule has 0 amide bonds. The van der Waals surface area contributed by atoms with E-state index in [0.29, 0.717) is 4.12 Å². The summed E-state index contributed by atoms with van der Waals surface area (Å²) in [5.41, 5.74) is 0. The average molecular weight is 403 g/mol. The van der Waals surface area contributed by atoms with E-state index in [1.54, 1.807) is 13.3 Å². The van der Waals surface area contributed by atoms with Gasteiger partial charge in [0.15, 0.2) is 0 Å². The Bertz CT molecular complexity index is 228. The summed E-state index contributed by atoms with van der Waals surface area (Å²) in [7, 11) is 0. The van der Waals surface area contributed by atoms with E-state index >= 15 is 0 Å². The molecule has 0 aliphatic rings. The summed E-state index contributed by atoms with van der Waals surface area (Å²) in [5.74, 6) is 0. The molecule has 0 fully saturated rings. The van der Waals surface area contributed by atoms with Crippen LogP contribution in [0.3, 0.4) is 0 Å². The molecule has 1 atom stereocenters. The number of unbranched alkanes of at least 4 members (excludes halogenated alkanes) is 3. The minimum atomic E-state index is -2.17. The molecule has 0 radical (unpaired) electrons. The zero-order chi connectivity index (χ0) is 16.0. The van der Waals surface area contributed by atoms with Crippen molar-refractivity contribution in [2.24, 2.45) is 0 Å². The molecule has 0 bridgehead atoms. The third kappa shape index (κ3) is 8.64. The third-order valence-electron chi connectivity index (χ3n) is 4.77. The quantitative estimate of drug-likeness (QED) is 0.230. The zero-order valence-electron chi connectivity index (χ0n) is 15.4. The van der Waals surface area contributed by atoms with E-state index in [1.807, 2.05) is 0 Å². The topological polar surface area (TPSA) is 9.23 Å². The second-order valence-electron chi connectivity index (χ2n) is 6.47. The first kappa shape index (κ1) is 21.5. The van der Waals surface area contributed by atoms with Crippen LogP contribution in [0.1, 0.15) is 79.6 Å². The summed E-state index contributed by atoms with van der Waals surface area (Å²) in [5, 5.41) is 0. The van der Waals surface area contributed by atoms with Crippen molar-refractivity contribution >= 4 is 18.4 Å². The fourth-order valence-electron chi connectivity index (χ4n) is 3.44. The Morgan fingerprint density at radius 1 is 0.857 bits per heavy atom. The van der Waals surface area contributed by atoms with Crippen molar-refractivity contribution in [2.75, 3.05) is 6.61 Å². The summed E-state index contributed by atoms with van der Waals surface area (Å²) in [6.45, 7) is 12.3. The van der Waals surface area contributed by atoms with Crippen molar-refractivity contribution in [3.05, 3.63) is 12.2 Å². The third-order valence-corrected chi connectivity index (χ3v) is 21.9. The van der Waals surface area contributed by atoms with Crippen molar-refractivity contribution in [1.82, 2.24) is 0 Å². The van der Waals surface area contributed by atoms with Gasteiger partial charge in [-0.25, -0.2) is 0 Å². The maximum atomic E-state index is 6.39. The van der Waals surface area contributed by atoms with Crippen LogP contribution >= 0.6 is 0 Å². The van der Waals surface area contributed by atoms with E-state index < -0.39 is 18.4 Å². The van der Waals surface area contributed by atoms with Gasteiger partial charge in [0.05, 0.1) is 0 Å². The molecule has 0 saturated heterocycles. The molecule has 21 heavy (non-hydrogen) atoms. The van der Waals surface area contributed by atoms with Crippen LogP contribution in [-0.4, -0.2) is 29.1 Å². The Labute approximate surface area is 138 Å². The average Bonchev–Trinajstić information content (AvgIpc) is 2.52. The van der Waals surface area contributed by atoms with Gasteiger partial charge in [-0.2, -0.15) is 0 Å². The number of hydrogen-bond donors (Lipinski definition) is 0. The normalized spacial score (nSPS) is 14.0. The summed E-state index contributed by atoms with van der Waals surface area (Å²) in [4.78, 5) is 0. The monoisotopic (exact) mass is 404 g/mol. The standard InChI is InChI=1S/C7H13O.3C4H9.Sn/c1-3-5-7-8-6-4-2;3*1-3-4-2;/h3,5-6H,4,7H2,1-2H3;3*1,3-4H2,2H3;/b5-3+;;;;. The first-order valence-corrected chi connectivity index (χ1v) is 17.1. The molecule has 1 nitrogen and oxygen atoms in total. The van der Waals surface area contributed by atoms with Gasteiger partial charge in [0.1, 0.15) is 0 Å². The molecule has 0 aromatic heterocycles. The molecule has 0 aromatic carbocycles. The van der Waals surface area contributed by atoms with Gasteiger partial charge < -0.3 is 0 Å². The second-order valence-corrected chi connectivity index (χ2v) is 20.4. The van der Waals surface area contributed by atoms with Crippen molar-refractivity contribution < 1.29 is 4.74 Å². The molecule has 0 aromatic rings. The summed E-state index contributed by atoms with van der Waals surface area (Å²) in [6, 6.07) is 0. The van der Waals surface area contributed by atoms with Gasteiger partial charge in [0.2, 0.25) is 0 Å². The van der Waals surface area contributed by atoms with Crippen LogP contribution in [0.15, 0.2) is 12.2 Å². The van der Waals surface area contributed by atoms with Gasteiger partial charge in [-0.05, 0) is 0 Å². The van der Waals surface area contributed by atoms with Crippen molar-refractivity contribution in [3.8, 4) is 0 Å². The number of ether oxygens (including phenoxy) is 1. The predicted octanol–water partition coefficient (Wildman–Crippen LogP) is 6.75. The molecule has 0 aliphatic carbocycles. The molecule has 0 N–H and O–H groups in total. The fourth-order valence-corrected chi connectivity index (χ4v) is 21.1. The van der Waals surface area contributed by atoms with E-state index in [-0.39, 0.29) is 0 Å². The van der Waals surface area contributed by atoms with Crippen LogP contribution in [0.5, 0.6) is 0 Å². The number of hydrogen-bond acceptors (Lipinski definition) is 1. The molecule has 0 heterocycles. The first-order valence-electron chi connectivity index (χ1n) is 9.43. The van der Waals surface area contributed by atoms with E-state index in [2.05, 4.69) is 46.8 Å². The van der Waals surface area contributed by atoms with Gasteiger partial charge in [0.25, 0.3) is 0 Å². The first-order chi connectivity index (χ1) is 10.2. The molecule has 126 valence electrons. The van der Waals surface area contributed by atoms with Gasteiger partial charge in [-0.15, -0.1) is 0 Å². The Balaban J connectivity index is 5.01. The van der Waals surface area contributed by atoms with Crippen LogP contribution in [-0.2, 0) is 4.74 Å². The predicted molar refractivity (Wildman–Crippen MR) is 99.7 cm³/mol. The minimum absolute atomic E-state index is 0.639. The molecule has 0 aliphatic heterocycles. The van der Waals surface area contributed by atoms with E-state index in [9.17, 15) is 0 Å². The number of allylic oxidation sites excluding steroid dienone is 1. The molecule has 0 saturated carbocycles. The summed E-state index contributed by atoms with van der Waals surface area (Å²) < 4.78 is 11.7. The zero-order valence-corrected chi connectivity index (χ0v) is 18.3. The maximum absolute atomic E-state index is 6.39. The molecule has 0 spiro atoms. The molecule has 0 rings (SSSR count). The van der Waals surface area contributed by atoms with Crippen LogP contribution in [0, 0.1) is 0 Å². The molecular weight excluding hydrogens is 363 g/mol. The Hall–Kier alpha value is 0.499. The van der Waals surface area contributed by atoms with Crippen LogP contribution in [0.2, 0.25) is 13.3 Å². The van der Waals surface area contributed by atoms with Gasteiger partial charge in [-0.1, -0.05) is 0 Å². The second kappa shape index (κ2) is 14.1. The Morgan fingerprint density at radius 3 is 1.67 bits per heavy atom. The van der Waals surface area contributed by atoms with E-state index in [1.165, 1.54) is 44.9 Å². The van der Waals surface area contributed by atoms with E-state index in [0.717, 1.165) is 6.61 Å². The molecule has 0 unspecified atom stereocenters. The fraction of sp³-hybridized carbons (Fsp3) is 0.895. The van der Waals surface area contributed by atoms with Gasteiger partial charge in [-0.3, -0.25) is 0 Å². The summed E-state index contributed by atoms with van der Waals surface area (Å²) in [6.07, 6.45) is 13.9. The number of rotatable bonds is 14. The summed E-state index contributed by atoms with van der Waals surface area (Å²) >= 11 is -2.17. The Morgan fingerprint density at radius 2 is 1.33 bits per heavy atom. The van der Waals surface area contributed by atoms with Crippen molar-refractivity contribution in [1.29, 1.82) is 0 Å². The van der Waals surface area contributed by atoms with Crippen molar-refractivity contribution in [3.63, 3.8) is 0 Å². The molecule has 2 heteroatoms. The van der Waals surface area contributed by atoms with Crippen LogP contribution < -0.4 is 0 Å². The van der Waals surface area contributed by atoms with E-state index in [4.69, 9.17) is 4.74 Å².